The highest BCUT2D eigenvalue weighted by Gasteiger charge is 2.08. The molecule has 0 heterocycles. The maximum absolute atomic E-state index is 8.94. The Kier molecular flexibility index (Phi) is 10.3. The van der Waals surface area contributed by atoms with Crippen LogP contribution in [-0.2, 0) is 6.54 Å². The number of benzene rings is 2. The van der Waals surface area contributed by atoms with Crippen LogP contribution in [0.15, 0.2) is 54.6 Å². The number of rotatable bonds is 13. The molecule has 2 aromatic carbocycles. The molecule has 152 valence electrons. The highest BCUT2D eigenvalue weighted by atomic mass is 16.5. The largest absolute Gasteiger partial charge is 0.492 e. The van der Waals surface area contributed by atoms with Crippen LogP contribution in [-0.4, -0.2) is 49.1 Å². The average Bonchev–Trinajstić information content (AvgIpc) is 2.77. The highest BCUT2D eigenvalue weighted by molar-refractivity contribution is 5.34. The molecule has 2 rings (SSSR count). The number of ether oxygens (including phenoxy) is 1. The van der Waals surface area contributed by atoms with Crippen molar-refractivity contribution in [1.82, 2.24) is 9.80 Å². The molecule has 0 spiro atoms. The summed E-state index contributed by atoms with van der Waals surface area (Å²) in [7, 11) is 0. The fraction of sp³-hybridized carbons (Fsp3) is 0.417. The maximum atomic E-state index is 8.94. The van der Waals surface area contributed by atoms with Crippen LogP contribution in [0.2, 0.25) is 0 Å². The van der Waals surface area contributed by atoms with Crippen molar-refractivity contribution in [3.8, 4) is 17.9 Å². The second-order valence-corrected chi connectivity index (χ2v) is 6.94. The summed E-state index contributed by atoms with van der Waals surface area (Å²) in [5.41, 5.74) is 1.97. The Hall–Kier alpha value is -2.86. The van der Waals surface area contributed by atoms with Gasteiger partial charge in [-0.15, -0.1) is 0 Å². The average molecular weight is 391 g/mol. The molecule has 0 saturated heterocycles. The highest BCUT2D eigenvalue weighted by Crippen LogP contribution is 2.11. The van der Waals surface area contributed by atoms with Gasteiger partial charge in [-0.25, -0.2) is 0 Å². The van der Waals surface area contributed by atoms with Gasteiger partial charge in [0.25, 0.3) is 0 Å². The molecule has 5 heteroatoms. The lowest BCUT2D eigenvalue weighted by molar-refractivity contribution is 0.195. The molecular weight excluding hydrogens is 360 g/mol. The van der Waals surface area contributed by atoms with Crippen molar-refractivity contribution in [3.05, 3.63) is 65.7 Å². The zero-order valence-corrected chi connectivity index (χ0v) is 17.3. The first-order chi connectivity index (χ1) is 14.2. The Morgan fingerprint density at radius 3 is 2.24 bits per heavy atom. The molecule has 0 aliphatic rings. The van der Waals surface area contributed by atoms with E-state index in [0.717, 1.165) is 51.4 Å². The van der Waals surface area contributed by atoms with Crippen LogP contribution in [0.5, 0.6) is 5.75 Å². The lowest BCUT2D eigenvalue weighted by Gasteiger charge is -2.24. The zero-order chi connectivity index (χ0) is 20.7. The predicted molar refractivity (Wildman–Crippen MR) is 115 cm³/mol. The number of hydrogen-bond donors (Lipinski definition) is 0. The minimum atomic E-state index is 0.526. The molecule has 0 fully saturated rings. The van der Waals surface area contributed by atoms with Crippen molar-refractivity contribution in [1.29, 1.82) is 10.5 Å². The smallest absolute Gasteiger partial charge is 0.119 e. The van der Waals surface area contributed by atoms with E-state index in [-0.39, 0.29) is 0 Å². The van der Waals surface area contributed by atoms with E-state index in [0.29, 0.717) is 18.6 Å². The van der Waals surface area contributed by atoms with Gasteiger partial charge in [0.15, 0.2) is 0 Å². The first-order valence-electron chi connectivity index (χ1n) is 10.2. The van der Waals surface area contributed by atoms with Gasteiger partial charge in [0.05, 0.1) is 17.7 Å². The predicted octanol–water partition coefficient (Wildman–Crippen LogP) is 4.06. The SMILES string of the molecule is CCN(CCCN(CCC#N)CCOc1ccc(C#N)cc1)Cc1ccccc1. The molecule has 0 aliphatic carbocycles. The minimum Gasteiger partial charge on any atom is -0.492 e. The van der Waals surface area contributed by atoms with Crippen molar-refractivity contribution < 1.29 is 4.74 Å². The van der Waals surface area contributed by atoms with Crippen LogP contribution >= 0.6 is 0 Å². The molecule has 0 unspecified atom stereocenters. The Labute approximate surface area is 174 Å². The Morgan fingerprint density at radius 2 is 1.59 bits per heavy atom. The van der Waals surface area contributed by atoms with Crippen LogP contribution in [0.4, 0.5) is 0 Å². The van der Waals surface area contributed by atoms with E-state index >= 15 is 0 Å². The third-order valence-corrected chi connectivity index (χ3v) is 4.84. The van der Waals surface area contributed by atoms with E-state index < -0.39 is 0 Å². The van der Waals surface area contributed by atoms with E-state index in [4.69, 9.17) is 15.3 Å². The normalized spacial score (nSPS) is 10.7. The quantitative estimate of drug-likeness (QED) is 0.516. The second kappa shape index (κ2) is 13.3. The molecule has 0 N–H and O–H groups in total. The van der Waals surface area contributed by atoms with Gasteiger partial charge in [0.2, 0.25) is 0 Å². The molecule has 0 aromatic heterocycles. The van der Waals surface area contributed by atoms with Crippen molar-refractivity contribution in [2.75, 3.05) is 39.3 Å². The third-order valence-electron chi connectivity index (χ3n) is 4.84. The van der Waals surface area contributed by atoms with Crippen molar-refractivity contribution in [2.24, 2.45) is 0 Å². The molecule has 0 atom stereocenters. The number of nitriles is 2. The summed E-state index contributed by atoms with van der Waals surface area (Å²) in [4.78, 5) is 4.74. The summed E-state index contributed by atoms with van der Waals surface area (Å²) >= 11 is 0. The van der Waals surface area contributed by atoms with Gasteiger partial charge < -0.3 is 4.74 Å². The van der Waals surface area contributed by atoms with Gasteiger partial charge in [0, 0.05) is 26.1 Å². The van der Waals surface area contributed by atoms with Gasteiger partial charge in [-0.2, -0.15) is 10.5 Å². The molecule has 29 heavy (non-hydrogen) atoms. The first kappa shape index (κ1) is 22.4. The summed E-state index contributed by atoms with van der Waals surface area (Å²) in [5, 5.41) is 17.8. The molecule has 0 amide bonds. The summed E-state index contributed by atoms with van der Waals surface area (Å²) in [6.45, 7) is 8.28. The zero-order valence-electron chi connectivity index (χ0n) is 17.3. The Bertz CT molecular complexity index is 777. The van der Waals surface area contributed by atoms with E-state index in [1.807, 2.05) is 18.2 Å². The van der Waals surface area contributed by atoms with Crippen LogP contribution in [0, 0.1) is 22.7 Å². The third kappa shape index (κ3) is 8.79. The van der Waals surface area contributed by atoms with Crippen molar-refractivity contribution >= 4 is 0 Å². The Balaban J connectivity index is 1.75. The molecule has 0 radical (unpaired) electrons. The van der Waals surface area contributed by atoms with E-state index in [2.05, 4.69) is 53.1 Å². The van der Waals surface area contributed by atoms with Crippen molar-refractivity contribution in [2.45, 2.75) is 26.3 Å². The van der Waals surface area contributed by atoms with Gasteiger partial charge >= 0.3 is 0 Å². The van der Waals surface area contributed by atoms with E-state index in [1.165, 1.54) is 5.56 Å². The number of nitrogens with zero attached hydrogens (tertiary/aromatic N) is 4. The van der Waals surface area contributed by atoms with Gasteiger partial charge in [0.1, 0.15) is 12.4 Å². The van der Waals surface area contributed by atoms with Gasteiger partial charge in [-0.1, -0.05) is 37.3 Å². The van der Waals surface area contributed by atoms with Crippen molar-refractivity contribution in [3.63, 3.8) is 0 Å². The fourth-order valence-corrected chi connectivity index (χ4v) is 3.17. The fourth-order valence-electron chi connectivity index (χ4n) is 3.17. The van der Waals surface area contributed by atoms with E-state index in [1.54, 1.807) is 12.1 Å². The lowest BCUT2D eigenvalue weighted by Crippen LogP contribution is -2.33. The van der Waals surface area contributed by atoms with Crippen LogP contribution in [0.25, 0.3) is 0 Å². The summed E-state index contributed by atoms with van der Waals surface area (Å²) in [6, 6.07) is 22.1. The van der Waals surface area contributed by atoms with Crippen LogP contribution in [0.3, 0.4) is 0 Å². The standard InChI is InChI=1S/C24H30N4O/c1-2-27(21-23-8-4-3-5-9-23)16-7-17-28(15-6-14-25)18-19-29-24-12-10-22(20-26)11-13-24/h3-5,8-13H,2,6-7,15-19,21H2,1H3. The minimum absolute atomic E-state index is 0.526. The van der Waals surface area contributed by atoms with Crippen LogP contribution < -0.4 is 4.74 Å². The Morgan fingerprint density at radius 1 is 0.862 bits per heavy atom. The first-order valence-corrected chi connectivity index (χ1v) is 10.2. The lowest BCUT2D eigenvalue weighted by atomic mass is 10.2. The maximum Gasteiger partial charge on any atom is 0.119 e. The topological polar surface area (TPSA) is 63.3 Å². The molecule has 0 aliphatic heterocycles. The molecule has 2 aromatic rings. The summed E-state index contributed by atoms with van der Waals surface area (Å²) in [6.07, 6.45) is 1.58. The monoisotopic (exact) mass is 390 g/mol. The molecule has 5 nitrogen and oxygen atoms in total. The van der Waals surface area contributed by atoms with Gasteiger partial charge in [-0.05, 0) is 55.9 Å². The van der Waals surface area contributed by atoms with Crippen LogP contribution in [0.1, 0.15) is 30.9 Å². The van der Waals surface area contributed by atoms with Gasteiger partial charge in [-0.3, -0.25) is 9.80 Å². The molecule has 0 saturated carbocycles. The second-order valence-electron chi connectivity index (χ2n) is 6.94. The van der Waals surface area contributed by atoms with E-state index in [9.17, 15) is 0 Å². The molecular formula is C24H30N4O. The number of hydrogen-bond acceptors (Lipinski definition) is 5. The summed E-state index contributed by atoms with van der Waals surface area (Å²) in [5.74, 6) is 0.768. The molecule has 0 bridgehead atoms. The summed E-state index contributed by atoms with van der Waals surface area (Å²) < 4.78 is 5.80.